The van der Waals surface area contributed by atoms with Gasteiger partial charge in [-0.05, 0) is 37.5 Å². The molecule has 1 atom stereocenters. The molecule has 0 saturated heterocycles. The topological polar surface area (TPSA) is 73.1 Å². The van der Waals surface area contributed by atoms with Crippen LogP contribution in [0.2, 0.25) is 0 Å². The summed E-state index contributed by atoms with van der Waals surface area (Å²) in [6.45, 7) is 2.20. The standard InChI is InChI=1S/C14H18N2O2/c1-11(17)9-14(18)16-8-2-3-12-4-6-13(10-15)7-5-12/h4-7,11,17H,2-3,8-9H2,1H3,(H,16,18). The molecule has 18 heavy (non-hydrogen) atoms. The van der Waals surface area contributed by atoms with Crippen LogP contribution in [-0.2, 0) is 11.2 Å². The number of benzene rings is 1. The molecule has 4 heteroatoms. The van der Waals surface area contributed by atoms with Gasteiger partial charge in [0.2, 0.25) is 5.91 Å². The van der Waals surface area contributed by atoms with Crippen molar-refractivity contribution in [2.75, 3.05) is 6.54 Å². The Labute approximate surface area is 107 Å². The largest absolute Gasteiger partial charge is 0.393 e. The predicted octanol–water partition coefficient (Wildman–Crippen LogP) is 1.38. The zero-order valence-corrected chi connectivity index (χ0v) is 10.5. The molecule has 1 amide bonds. The van der Waals surface area contributed by atoms with Crippen LogP contribution in [0.25, 0.3) is 0 Å². The molecule has 96 valence electrons. The lowest BCUT2D eigenvalue weighted by atomic mass is 10.1. The quantitative estimate of drug-likeness (QED) is 0.745. The van der Waals surface area contributed by atoms with E-state index < -0.39 is 6.10 Å². The lowest BCUT2D eigenvalue weighted by Crippen LogP contribution is -2.27. The number of nitriles is 1. The molecule has 0 fully saturated rings. The molecule has 1 aromatic carbocycles. The van der Waals surface area contributed by atoms with E-state index in [1.54, 1.807) is 19.1 Å². The Morgan fingerprint density at radius 2 is 2.11 bits per heavy atom. The minimum absolute atomic E-state index is 0.121. The molecule has 0 aliphatic carbocycles. The normalized spacial score (nSPS) is 11.6. The number of carbonyl (C=O) groups excluding carboxylic acids is 1. The molecule has 0 saturated carbocycles. The first-order valence-electron chi connectivity index (χ1n) is 6.05. The summed E-state index contributed by atoms with van der Waals surface area (Å²) >= 11 is 0. The number of carbonyl (C=O) groups is 1. The molecule has 1 aromatic rings. The molecule has 2 N–H and O–H groups in total. The van der Waals surface area contributed by atoms with Crippen molar-refractivity contribution in [1.82, 2.24) is 5.32 Å². The van der Waals surface area contributed by atoms with Crippen LogP contribution in [0, 0.1) is 11.3 Å². The molecule has 0 aromatic heterocycles. The van der Waals surface area contributed by atoms with E-state index in [9.17, 15) is 4.79 Å². The number of rotatable bonds is 6. The lowest BCUT2D eigenvalue weighted by Gasteiger charge is -2.06. The molecule has 0 bridgehead atoms. The van der Waals surface area contributed by atoms with Crippen molar-refractivity contribution in [2.24, 2.45) is 0 Å². The Morgan fingerprint density at radius 1 is 1.44 bits per heavy atom. The Kier molecular flexibility index (Phi) is 5.89. The van der Waals surface area contributed by atoms with Crippen molar-refractivity contribution in [3.63, 3.8) is 0 Å². The summed E-state index contributed by atoms with van der Waals surface area (Å²) in [5.74, 6) is -0.121. The molecule has 1 rings (SSSR count). The summed E-state index contributed by atoms with van der Waals surface area (Å²) in [5, 5.41) is 20.4. The van der Waals surface area contributed by atoms with Gasteiger partial charge in [0.15, 0.2) is 0 Å². The first kappa shape index (κ1) is 14.2. The first-order chi connectivity index (χ1) is 8.61. The molecule has 0 aliphatic rings. The van der Waals surface area contributed by atoms with E-state index in [4.69, 9.17) is 10.4 Å². The van der Waals surface area contributed by atoms with Crippen LogP contribution in [-0.4, -0.2) is 23.7 Å². The fraction of sp³-hybridized carbons (Fsp3) is 0.429. The van der Waals surface area contributed by atoms with Crippen LogP contribution < -0.4 is 5.32 Å². The van der Waals surface area contributed by atoms with Gasteiger partial charge in [-0.15, -0.1) is 0 Å². The Bertz CT molecular complexity index is 418. The molecule has 1 unspecified atom stereocenters. The summed E-state index contributed by atoms with van der Waals surface area (Å²) < 4.78 is 0. The van der Waals surface area contributed by atoms with Gasteiger partial charge in [0.1, 0.15) is 0 Å². The summed E-state index contributed by atoms with van der Waals surface area (Å²) in [7, 11) is 0. The third kappa shape index (κ3) is 5.46. The number of amides is 1. The highest BCUT2D eigenvalue weighted by atomic mass is 16.3. The molecule has 0 aliphatic heterocycles. The lowest BCUT2D eigenvalue weighted by molar-refractivity contribution is -0.122. The fourth-order valence-electron chi connectivity index (χ4n) is 1.61. The first-order valence-corrected chi connectivity index (χ1v) is 6.05. The van der Waals surface area contributed by atoms with Crippen molar-refractivity contribution in [3.05, 3.63) is 35.4 Å². The van der Waals surface area contributed by atoms with E-state index in [0.29, 0.717) is 12.1 Å². The van der Waals surface area contributed by atoms with Crippen LogP contribution in [0.15, 0.2) is 24.3 Å². The third-order valence-corrected chi connectivity index (χ3v) is 2.53. The molecule has 0 heterocycles. The second-order valence-electron chi connectivity index (χ2n) is 4.32. The van der Waals surface area contributed by atoms with Crippen LogP contribution in [0.3, 0.4) is 0 Å². The maximum absolute atomic E-state index is 11.2. The summed E-state index contributed by atoms with van der Waals surface area (Å²) in [4.78, 5) is 11.2. The average Bonchev–Trinajstić information content (AvgIpc) is 2.34. The predicted molar refractivity (Wildman–Crippen MR) is 68.8 cm³/mol. The van der Waals surface area contributed by atoms with E-state index in [0.717, 1.165) is 18.4 Å². The van der Waals surface area contributed by atoms with Gasteiger partial charge in [0, 0.05) is 6.54 Å². The van der Waals surface area contributed by atoms with E-state index >= 15 is 0 Å². The number of hydrogen-bond donors (Lipinski definition) is 2. The number of hydrogen-bond acceptors (Lipinski definition) is 3. The SMILES string of the molecule is CC(O)CC(=O)NCCCc1ccc(C#N)cc1. The number of nitrogens with zero attached hydrogens (tertiary/aromatic N) is 1. The summed E-state index contributed by atoms with van der Waals surface area (Å²) in [6, 6.07) is 9.51. The maximum atomic E-state index is 11.2. The zero-order valence-electron chi connectivity index (χ0n) is 10.5. The van der Waals surface area contributed by atoms with E-state index in [-0.39, 0.29) is 12.3 Å². The van der Waals surface area contributed by atoms with Crippen molar-refractivity contribution in [1.29, 1.82) is 5.26 Å². The number of aryl methyl sites for hydroxylation is 1. The molecular formula is C14H18N2O2. The number of aliphatic hydroxyl groups excluding tert-OH is 1. The molecule has 4 nitrogen and oxygen atoms in total. The van der Waals surface area contributed by atoms with E-state index in [2.05, 4.69) is 11.4 Å². The van der Waals surface area contributed by atoms with Gasteiger partial charge < -0.3 is 10.4 Å². The highest BCUT2D eigenvalue weighted by Gasteiger charge is 2.04. The van der Waals surface area contributed by atoms with Gasteiger partial charge in [-0.2, -0.15) is 5.26 Å². The van der Waals surface area contributed by atoms with Crippen molar-refractivity contribution in [2.45, 2.75) is 32.3 Å². The minimum Gasteiger partial charge on any atom is -0.393 e. The fourth-order valence-corrected chi connectivity index (χ4v) is 1.61. The van der Waals surface area contributed by atoms with Crippen LogP contribution >= 0.6 is 0 Å². The second-order valence-corrected chi connectivity index (χ2v) is 4.32. The highest BCUT2D eigenvalue weighted by Crippen LogP contribution is 2.05. The Morgan fingerprint density at radius 3 is 2.67 bits per heavy atom. The van der Waals surface area contributed by atoms with Gasteiger partial charge in [-0.25, -0.2) is 0 Å². The van der Waals surface area contributed by atoms with Crippen LogP contribution in [0.4, 0.5) is 0 Å². The smallest absolute Gasteiger partial charge is 0.222 e. The molecule has 0 radical (unpaired) electrons. The van der Waals surface area contributed by atoms with E-state index in [1.165, 1.54) is 0 Å². The van der Waals surface area contributed by atoms with Gasteiger partial charge in [-0.3, -0.25) is 4.79 Å². The molecule has 0 spiro atoms. The van der Waals surface area contributed by atoms with Crippen molar-refractivity contribution in [3.8, 4) is 6.07 Å². The monoisotopic (exact) mass is 246 g/mol. The maximum Gasteiger partial charge on any atom is 0.222 e. The second kappa shape index (κ2) is 7.46. The number of nitrogens with one attached hydrogen (secondary N) is 1. The Balaban J connectivity index is 2.21. The van der Waals surface area contributed by atoms with Gasteiger partial charge >= 0.3 is 0 Å². The van der Waals surface area contributed by atoms with Crippen LogP contribution in [0.1, 0.15) is 30.9 Å². The Hall–Kier alpha value is -1.86. The van der Waals surface area contributed by atoms with Crippen molar-refractivity contribution < 1.29 is 9.90 Å². The van der Waals surface area contributed by atoms with Gasteiger partial charge in [0.05, 0.1) is 24.2 Å². The highest BCUT2D eigenvalue weighted by molar-refractivity contribution is 5.76. The summed E-state index contributed by atoms with van der Waals surface area (Å²) in [5.41, 5.74) is 1.81. The van der Waals surface area contributed by atoms with E-state index in [1.807, 2.05) is 12.1 Å². The van der Waals surface area contributed by atoms with Crippen molar-refractivity contribution >= 4 is 5.91 Å². The minimum atomic E-state index is -0.594. The third-order valence-electron chi connectivity index (χ3n) is 2.53. The number of aliphatic hydroxyl groups is 1. The van der Waals surface area contributed by atoms with Crippen LogP contribution in [0.5, 0.6) is 0 Å². The average molecular weight is 246 g/mol. The zero-order chi connectivity index (χ0) is 13.4. The molecular weight excluding hydrogens is 228 g/mol. The van der Waals surface area contributed by atoms with Gasteiger partial charge in [0.25, 0.3) is 0 Å². The van der Waals surface area contributed by atoms with Gasteiger partial charge in [-0.1, -0.05) is 12.1 Å². The summed E-state index contributed by atoms with van der Waals surface area (Å²) in [6.07, 6.45) is 1.26.